The average Bonchev–Trinajstić information content (AvgIpc) is 1.63. The van der Waals surface area contributed by atoms with E-state index in [9.17, 15) is 8.42 Å². The van der Waals surface area contributed by atoms with Crippen LogP contribution in [0.15, 0.2) is 0 Å². The van der Waals surface area contributed by atoms with Crippen molar-refractivity contribution in [3.05, 3.63) is 0 Å². The van der Waals surface area contributed by atoms with Crippen LogP contribution in [0.5, 0.6) is 0 Å². The van der Waals surface area contributed by atoms with Gasteiger partial charge in [0.05, 0.1) is 5.75 Å². The smallest absolute Gasteiger partial charge is 1.00 e. The van der Waals surface area contributed by atoms with Crippen molar-refractivity contribution in [3.63, 3.8) is 0 Å². The standard InChI is InChI=1S/C5H12O3S.Ca.2H/c1-2-3-4-5-9(6,7)8;;;/h2-5H2,1H3,(H,6,7,8);;;/q;+2;2*-1. The predicted molar refractivity (Wildman–Crippen MR) is 43.9 cm³/mol. The van der Waals surface area contributed by atoms with E-state index >= 15 is 0 Å². The second-order valence-electron chi connectivity index (χ2n) is 1.99. The van der Waals surface area contributed by atoms with Gasteiger partial charge in [-0.25, -0.2) is 0 Å². The minimum absolute atomic E-state index is 0. The Hall–Kier alpha value is 1.17. The van der Waals surface area contributed by atoms with Crippen LogP contribution >= 0.6 is 0 Å². The maximum atomic E-state index is 10.1. The molecule has 0 aromatic heterocycles. The van der Waals surface area contributed by atoms with Gasteiger partial charge >= 0.3 is 37.7 Å². The van der Waals surface area contributed by atoms with Crippen LogP contribution < -0.4 is 0 Å². The van der Waals surface area contributed by atoms with Crippen molar-refractivity contribution >= 4 is 47.9 Å². The molecule has 0 aromatic carbocycles. The van der Waals surface area contributed by atoms with Crippen molar-refractivity contribution in [2.75, 3.05) is 5.75 Å². The maximum absolute atomic E-state index is 10.1. The van der Waals surface area contributed by atoms with Crippen LogP contribution in [-0.2, 0) is 10.1 Å². The van der Waals surface area contributed by atoms with Gasteiger partial charge in [-0.15, -0.1) is 0 Å². The Morgan fingerprint density at radius 2 is 1.90 bits per heavy atom. The first kappa shape index (κ1) is 13.7. The molecule has 0 fully saturated rings. The largest absolute Gasteiger partial charge is 2.00 e. The van der Waals surface area contributed by atoms with Gasteiger partial charge in [0.25, 0.3) is 10.1 Å². The van der Waals surface area contributed by atoms with E-state index in [-0.39, 0.29) is 46.3 Å². The Balaban J connectivity index is -0.000000107. The second-order valence-corrected chi connectivity index (χ2v) is 3.57. The summed E-state index contributed by atoms with van der Waals surface area (Å²) in [6, 6.07) is 0. The van der Waals surface area contributed by atoms with Crippen LogP contribution in [0.1, 0.15) is 29.0 Å². The first-order valence-corrected chi connectivity index (χ1v) is 4.62. The van der Waals surface area contributed by atoms with Crippen LogP contribution in [0, 0.1) is 0 Å². The Bertz CT molecular complexity index is 160. The molecule has 0 heterocycles. The zero-order chi connectivity index (χ0) is 7.33. The first-order chi connectivity index (χ1) is 4.06. The van der Waals surface area contributed by atoms with Crippen LogP contribution in [0.25, 0.3) is 0 Å². The van der Waals surface area contributed by atoms with Gasteiger partial charge in [0.1, 0.15) is 0 Å². The summed E-state index contributed by atoms with van der Waals surface area (Å²) in [4.78, 5) is 0. The third-order valence-electron chi connectivity index (χ3n) is 1.01. The SMILES string of the molecule is CCCCCS(=O)(=O)O.[Ca+2].[H-].[H-]. The van der Waals surface area contributed by atoms with Gasteiger partial charge in [-0.1, -0.05) is 19.8 Å². The summed E-state index contributed by atoms with van der Waals surface area (Å²) in [7, 11) is -3.70. The summed E-state index contributed by atoms with van der Waals surface area (Å²) < 4.78 is 28.3. The molecule has 0 spiro atoms. The Morgan fingerprint density at radius 1 is 1.40 bits per heavy atom. The zero-order valence-electron chi connectivity index (χ0n) is 8.21. The molecule has 0 aliphatic carbocycles. The van der Waals surface area contributed by atoms with E-state index in [1.807, 2.05) is 6.92 Å². The number of rotatable bonds is 4. The molecule has 0 bridgehead atoms. The number of hydrogen-bond acceptors (Lipinski definition) is 2. The third kappa shape index (κ3) is 11.9. The molecule has 0 aliphatic rings. The van der Waals surface area contributed by atoms with Gasteiger partial charge in [-0.05, 0) is 6.42 Å². The van der Waals surface area contributed by atoms with Crippen LogP contribution in [0.2, 0.25) is 0 Å². The van der Waals surface area contributed by atoms with Crippen LogP contribution in [-0.4, -0.2) is 56.5 Å². The molecule has 0 saturated carbocycles. The molecule has 0 unspecified atom stereocenters. The van der Waals surface area contributed by atoms with Gasteiger partial charge < -0.3 is 2.85 Å². The minimum atomic E-state index is -3.70. The zero-order valence-corrected chi connectivity index (χ0v) is 9.23. The van der Waals surface area contributed by atoms with Crippen molar-refractivity contribution in [2.24, 2.45) is 0 Å². The summed E-state index contributed by atoms with van der Waals surface area (Å²) in [5.41, 5.74) is 0. The molecule has 3 nitrogen and oxygen atoms in total. The van der Waals surface area contributed by atoms with E-state index in [0.717, 1.165) is 12.8 Å². The van der Waals surface area contributed by atoms with Crippen molar-refractivity contribution in [2.45, 2.75) is 26.2 Å². The molecule has 10 heavy (non-hydrogen) atoms. The fraction of sp³-hybridized carbons (Fsp3) is 1.00. The van der Waals surface area contributed by atoms with Crippen LogP contribution in [0.3, 0.4) is 0 Å². The van der Waals surface area contributed by atoms with Crippen molar-refractivity contribution < 1.29 is 15.8 Å². The van der Waals surface area contributed by atoms with Gasteiger partial charge in [0, 0.05) is 0 Å². The minimum Gasteiger partial charge on any atom is -1.00 e. The quantitative estimate of drug-likeness (QED) is 0.411. The van der Waals surface area contributed by atoms with E-state index < -0.39 is 10.1 Å². The molecule has 60 valence electrons. The Morgan fingerprint density at radius 3 is 2.20 bits per heavy atom. The molecule has 0 rings (SSSR count). The van der Waals surface area contributed by atoms with Gasteiger partial charge in [-0.2, -0.15) is 8.42 Å². The van der Waals surface area contributed by atoms with Gasteiger partial charge in [-0.3, -0.25) is 4.55 Å². The molecule has 0 saturated heterocycles. The molecule has 0 aromatic rings. The van der Waals surface area contributed by atoms with E-state index in [0.29, 0.717) is 6.42 Å². The summed E-state index contributed by atoms with van der Waals surface area (Å²) in [6.07, 6.45) is 2.39. The monoisotopic (exact) mass is 194 g/mol. The van der Waals surface area contributed by atoms with Crippen molar-refractivity contribution in [1.82, 2.24) is 0 Å². The fourth-order valence-corrected chi connectivity index (χ4v) is 1.10. The summed E-state index contributed by atoms with van der Waals surface area (Å²) in [6.45, 7) is 1.98. The second kappa shape index (κ2) is 6.85. The molecular weight excluding hydrogens is 180 g/mol. The Labute approximate surface area is 94.9 Å². The third-order valence-corrected chi connectivity index (χ3v) is 1.81. The topological polar surface area (TPSA) is 54.4 Å². The first-order valence-electron chi connectivity index (χ1n) is 3.01. The molecule has 0 aliphatic heterocycles. The van der Waals surface area contributed by atoms with E-state index in [1.54, 1.807) is 0 Å². The molecule has 5 heteroatoms. The summed E-state index contributed by atoms with van der Waals surface area (Å²) >= 11 is 0. The molecule has 0 atom stereocenters. The van der Waals surface area contributed by atoms with E-state index in [1.165, 1.54) is 0 Å². The molecule has 1 N–H and O–H groups in total. The van der Waals surface area contributed by atoms with Gasteiger partial charge in [0.15, 0.2) is 0 Å². The van der Waals surface area contributed by atoms with Crippen molar-refractivity contribution in [3.8, 4) is 0 Å². The van der Waals surface area contributed by atoms with Crippen molar-refractivity contribution in [1.29, 1.82) is 0 Å². The normalized spacial score (nSPS) is 10.6. The predicted octanol–water partition coefficient (Wildman–Crippen LogP) is 0.909. The number of unbranched alkanes of at least 4 members (excludes halogenated alkanes) is 2. The summed E-state index contributed by atoms with van der Waals surface area (Å²) in [5.74, 6) is -0.0964. The van der Waals surface area contributed by atoms with E-state index in [4.69, 9.17) is 4.55 Å². The Kier molecular flexibility index (Phi) is 9.42. The van der Waals surface area contributed by atoms with E-state index in [2.05, 4.69) is 0 Å². The van der Waals surface area contributed by atoms with Crippen LogP contribution in [0.4, 0.5) is 0 Å². The molecule has 0 radical (unpaired) electrons. The maximum Gasteiger partial charge on any atom is 2.00 e. The average molecular weight is 194 g/mol. The molecule has 0 amide bonds. The van der Waals surface area contributed by atoms with Gasteiger partial charge in [0.2, 0.25) is 0 Å². The fourth-order valence-electron chi connectivity index (χ4n) is 0.534. The number of hydrogen-bond donors (Lipinski definition) is 1. The summed E-state index contributed by atoms with van der Waals surface area (Å²) in [5, 5.41) is 0. The molecular formula is C5H14CaO3S.